The number of rotatable bonds is 7. The van der Waals surface area contributed by atoms with E-state index in [1.54, 1.807) is 19.2 Å². The molecule has 1 aromatic carbocycles. The number of ether oxygens (including phenoxy) is 2. The quantitative estimate of drug-likeness (QED) is 0.498. The summed E-state index contributed by atoms with van der Waals surface area (Å²) >= 11 is 13.0. The number of halogens is 2. The Morgan fingerprint density at radius 1 is 1.19 bits per heavy atom. The molecule has 1 aromatic heterocycles. The van der Waals surface area contributed by atoms with Crippen LogP contribution in [0.1, 0.15) is 56.3 Å². The van der Waals surface area contributed by atoms with E-state index in [1.807, 2.05) is 6.07 Å². The van der Waals surface area contributed by atoms with Gasteiger partial charge < -0.3 is 14.0 Å². The molecular weight excluding hydrogens is 437 g/mol. The number of carbonyl (C=O) groups excluding carboxylic acids is 1. The molecule has 166 valence electrons. The normalized spacial score (nSPS) is 30.2. The highest BCUT2D eigenvalue weighted by atomic mass is 35.5. The third kappa shape index (κ3) is 3.84. The molecule has 2 bridgehead atoms. The minimum absolute atomic E-state index is 0.0526. The third-order valence-corrected chi connectivity index (χ3v) is 7.85. The summed E-state index contributed by atoms with van der Waals surface area (Å²) in [6.45, 7) is 2.97. The van der Waals surface area contributed by atoms with Crippen LogP contribution in [0.3, 0.4) is 0 Å². The average Bonchev–Trinajstić information content (AvgIpc) is 3.46. The van der Waals surface area contributed by atoms with Crippen molar-refractivity contribution >= 4 is 29.0 Å². The molecule has 0 N–H and O–H groups in total. The molecule has 1 unspecified atom stereocenters. The fourth-order valence-corrected chi connectivity index (χ4v) is 6.12. The lowest BCUT2D eigenvalue weighted by Gasteiger charge is -2.39. The molecule has 5 rings (SSSR count). The van der Waals surface area contributed by atoms with E-state index in [1.165, 1.54) is 0 Å². The summed E-state index contributed by atoms with van der Waals surface area (Å²) in [6, 6.07) is 5.42. The van der Waals surface area contributed by atoms with Crippen LogP contribution in [0.4, 0.5) is 0 Å². The van der Waals surface area contributed by atoms with E-state index in [4.69, 9.17) is 37.2 Å². The highest BCUT2D eigenvalue weighted by molar-refractivity contribution is 6.39. The Morgan fingerprint density at radius 2 is 1.94 bits per heavy atom. The van der Waals surface area contributed by atoms with Crippen molar-refractivity contribution < 1.29 is 18.8 Å². The number of hydrogen-bond donors (Lipinski definition) is 0. The predicted molar refractivity (Wildman–Crippen MR) is 118 cm³/mol. The molecule has 0 amide bonds. The Bertz CT molecular complexity index is 981. The lowest BCUT2D eigenvalue weighted by atomic mass is 9.76. The molecule has 7 heteroatoms. The maximum Gasteiger partial charge on any atom is 0.145 e. The number of nitrogens with zero attached hydrogens (tertiary/aromatic N) is 1. The topological polar surface area (TPSA) is 61.6 Å². The molecule has 3 aliphatic rings. The predicted octanol–water partition coefficient (Wildman–Crippen LogP) is 6.06. The smallest absolute Gasteiger partial charge is 0.145 e. The molecule has 3 aliphatic carbocycles. The zero-order valence-electron chi connectivity index (χ0n) is 17.8. The molecule has 0 radical (unpaired) electrons. The van der Waals surface area contributed by atoms with Crippen LogP contribution in [0.2, 0.25) is 10.0 Å². The third-order valence-electron chi connectivity index (χ3n) is 7.22. The molecule has 4 atom stereocenters. The van der Waals surface area contributed by atoms with Crippen LogP contribution in [0.25, 0.3) is 11.3 Å². The monoisotopic (exact) mass is 463 g/mol. The van der Waals surface area contributed by atoms with Crippen molar-refractivity contribution in [3.8, 4) is 11.3 Å². The average molecular weight is 464 g/mol. The van der Waals surface area contributed by atoms with Crippen molar-refractivity contribution in [2.24, 2.45) is 17.8 Å². The van der Waals surface area contributed by atoms with Crippen molar-refractivity contribution in [3.05, 3.63) is 39.6 Å². The second-order valence-electron chi connectivity index (χ2n) is 9.48. The van der Waals surface area contributed by atoms with Gasteiger partial charge in [-0.2, -0.15) is 0 Å². The number of Topliss-reactive ketones (excluding diaryl/α,β-unsaturated/α-hetero) is 1. The fourth-order valence-electron chi connectivity index (χ4n) is 5.55. The first-order valence-corrected chi connectivity index (χ1v) is 11.8. The molecule has 5 nitrogen and oxygen atoms in total. The molecular formula is C24H27Cl2NO4. The maximum absolute atomic E-state index is 12.6. The van der Waals surface area contributed by atoms with Crippen LogP contribution in [0, 0.1) is 17.8 Å². The van der Waals surface area contributed by atoms with Crippen molar-refractivity contribution in [2.45, 2.75) is 57.2 Å². The summed E-state index contributed by atoms with van der Waals surface area (Å²) in [5.74, 6) is 2.14. The minimum atomic E-state index is -0.484. The highest BCUT2D eigenvalue weighted by Crippen LogP contribution is 2.50. The highest BCUT2D eigenvalue weighted by Gasteiger charge is 2.53. The molecule has 3 fully saturated rings. The molecule has 0 saturated heterocycles. The van der Waals surface area contributed by atoms with Gasteiger partial charge in [0.1, 0.15) is 17.2 Å². The Morgan fingerprint density at radius 3 is 2.58 bits per heavy atom. The number of fused-ring (bicyclic) bond motifs is 2. The van der Waals surface area contributed by atoms with E-state index >= 15 is 0 Å². The Hall–Kier alpha value is -1.40. The molecule has 0 aliphatic heterocycles. The Kier molecular flexibility index (Phi) is 5.66. The van der Waals surface area contributed by atoms with Crippen LogP contribution in [0.15, 0.2) is 22.7 Å². The van der Waals surface area contributed by atoms with Crippen molar-refractivity contribution in [1.82, 2.24) is 5.16 Å². The van der Waals surface area contributed by atoms with Crippen LogP contribution in [-0.4, -0.2) is 30.3 Å². The zero-order valence-corrected chi connectivity index (χ0v) is 19.3. The van der Waals surface area contributed by atoms with Gasteiger partial charge in [-0.25, -0.2) is 0 Å². The fraction of sp³-hybridized carbons (Fsp3) is 0.583. The van der Waals surface area contributed by atoms with Crippen LogP contribution >= 0.6 is 23.2 Å². The summed E-state index contributed by atoms with van der Waals surface area (Å²) < 4.78 is 18.0. The first-order chi connectivity index (χ1) is 14.9. The van der Waals surface area contributed by atoms with E-state index in [0.717, 1.165) is 30.6 Å². The van der Waals surface area contributed by atoms with E-state index in [0.29, 0.717) is 65.0 Å². The van der Waals surface area contributed by atoms with Gasteiger partial charge in [-0.3, -0.25) is 4.79 Å². The summed E-state index contributed by atoms with van der Waals surface area (Å²) in [5, 5.41) is 5.43. The van der Waals surface area contributed by atoms with Crippen molar-refractivity contribution in [2.75, 3.05) is 13.7 Å². The van der Waals surface area contributed by atoms with Crippen molar-refractivity contribution in [3.63, 3.8) is 0 Å². The maximum atomic E-state index is 12.6. The Balaban J connectivity index is 1.47. The second kappa shape index (κ2) is 8.18. The van der Waals surface area contributed by atoms with E-state index in [-0.39, 0.29) is 11.8 Å². The SMILES string of the molecule is COCC1(OCc2c(-c3c(Cl)cccc3Cl)noc2C2CC2)C[C@H]2C[C@H](C)[C@@H](C1)C2=O. The van der Waals surface area contributed by atoms with E-state index in [2.05, 4.69) is 12.1 Å². The standard InChI is InChI=1S/C24H27Cl2NO4/c1-13-8-15-9-24(12-29-2,10-16(13)22(15)28)30-11-17-21(27-31-23(17)14-6-7-14)20-18(25)4-3-5-19(20)26/h3-5,13-16H,6-12H2,1-2H3/t13-,15+,16+,24?/m0/s1. The summed E-state index contributed by atoms with van der Waals surface area (Å²) in [5.41, 5.74) is 1.74. The molecule has 2 aromatic rings. The zero-order chi connectivity index (χ0) is 21.8. The van der Waals surface area contributed by atoms with Gasteiger partial charge in [0.05, 0.1) is 28.9 Å². The van der Waals surface area contributed by atoms with Gasteiger partial charge in [0, 0.05) is 36.0 Å². The minimum Gasteiger partial charge on any atom is -0.382 e. The van der Waals surface area contributed by atoms with Gasteiger partial charge >= 0.3 is 0 Å². The van der Waals surface area contributed by atoms with Crippen LogP contribution in [-0.2, 0) is 20.9 Å². The first kappa shape index (κ1) is 21.4. The Labute approximate surface area is 192 Å². The number of hydrogen-bond acceptors (Lipinski definition) is 5. The van der Waals surface area contributed by atoms with E-state index < -0.39 is 5.60 Å². The van der Waals surface area contributed by atoms with Gasteiger partial charge in [0.25, 0.3) is 0 Å². The van der Waals surface area contributed by atoms with Gasteiger partial charge in [-0.1, -0.05) is 41.3 Å². The number of benzene rings is 1. The number of carbonyl (C=O) groups is 1. The summed E-state index contributed by atoms with van der Waals surface area (Å²) in [6.07, 6.45) is 4.50. The van der Waals surface area contributed by atoms with Crippen LogP contribution in [0.5, 0.6) is 0 Å². The van der Waals surface area contributed by atoms with Gasteiger partial charge in [-0.05, 0) is 50.2 Å². The largest absolute Gasteiger partial charge is 0.382 e. The van der Waals surface area contributed by atoms with Crippen LogP contribution < -0.4 is 0 Å². The first-order valence-electron chi connectivity index (χ1n) is 11.0. The van der Waals surface area contributed by atoms with E-state index in [9.17, 15) is 4.79 Å². The molecule has 3 saturated carbocycles. The summed E-state index contributed by atoms with van der Waals surface area (Å²) in [7, 11) is 1.69. The number of methoxy groups -OCH3 is 1. The molecule has 31 heavy (non-hydrogen) atoms. The summed E-state index contributed by atoms with van der Waals surface area (Å²) in [4.78, 5) is 12.6. The molecule has 1 heterocycles. The lowest BCUT2D eigenvalue weighted by Crippen LogP contribution is -2.46. The molecule has 0 spiro atoms. The number of ketones is 1. The number of aromatic nitrogens is 1. The van der Waals surface area contributed by atoms with Crippen molar-refractivity contribution in [1.29, 1.82) is 0 Å². The lowest BCUT2D eigenvalue weighted by molar-refractivity contribution is -0.152. The van der Waals surface area contributed by atoms with Gasteiger partial charge in [0.2, 0.25) is 0 Å². The van der Waals surface area contributed by atoms with Gasteiger partial charge in [-0.15, -0.1) is 0 Å². The van der Waals surface area contributed by atoms with Gasteiger partial charge in [0.15, 0.2) is 0 Å². The second-order valence-corrected chi connectivity index (χ2v) is 10.3.